The molecule has 3 aliphatic heterocycles. The number of carbonyl (C=O) groups excluding carboxylic acids is 6. The molecule has 4 heterocycles. The molecule has 0 saturated carbocycles. The number of thiazole rings is 1. The van der Waals surface area contributed by atoms with Crippen molar-refractivity contribution in [3.05, 3.63) is 87.9 Å². The zero-order chi connectivity index (χ0) is 42.1. The van der Waals surface area contributed by atoms with E-state index in [1.807, 2.05) is 81.4 Å². The molecule has 0 radical (unpaired) electrons. The zero-order valence-electron chi connectivity index (χ0n) is 34.0. The quantitative estimate of drug-likeness (QED) is 0.160. The number of ketones is 1. The number of amides is 5. The van der Waals surface area contributed by atoms with Crippen molar-refractivity contribution in [2.75, 3.05) is 32.9 Å². The van der Waals surface area contributed by atoms with Gasteiger partial charge in [-0.05, 0) is 56.6 Å². The van der Waals surface area contributed by atoms with Crippen LogP contribution >= 0.6 is 11.3 Å². The van der Waals surface area contributed by atoms with Crippen LogP contribution in [0, 0.1) is 5.92 Å². The van der Waals surface area contributed by atoms with Crippen LogP contribution in [0.1, 0.15) is 72.8 Å². The van der Waals surface area contributed by atoms with Gasteiger partial charge in [0.15, 0.2) is 5.78 Å². The minimum atomic E-state index is -1.03. The number of Topliss-reactive ketones (excluding diaryl/α,β-unsaturated/α-hetero) is 1. The van der Waals surface area contributed by atoms with Crippen LogP contribution in [0.15, 0.2) is 66.9 Å². The maximum atomic E-state index is 14.3. The minimum Gasteiger partial charge on any atom is -0.442 e. The van der Waals surface area contributed by atoms with Gasteiger partial charge in [-0.3, -0.25) is 24.0 Å². The SMILES string of the molecule is CC(C)C[C@H](NC(=O)[C@H](Cc1ccccc1)N1C(=O)[C@@H](NC(=O)[C@H](CCc2ccccc2)NC(=O)c2cnc(COC(=O)N3CCOCC3)s2)CC1C)C(=O)C1(C)CO1. The molecule has 0 aliphatic carbocycles. The lowest BCUT2D eigenvalue weighted by atomic mass is 9.92. The molecule has 1 aromatic heterocycles. The van der Waals surface area contributed by atoms with E-state index in [9.17, 15) is 28.8 Å². The van der Waals surface area contributed by atoms with E-state index >= 15 is 0 Å². The molecule has 3 N–H and O–H groups in total. The van der Waals surface area contributed by atoms with Gasteiger partial charge in [0.1, 0.15) is 40.2 Å². The Kier molecular flexibility index (Phi) is 14.5. The van der Waals surface area contributed by atoms with Gasteiger partial charge in [-0.2, -0.15) is 0 Å². The highest BCUT2D eigenvalue weighted by Crippen LogP contribution is 2.30. The van der Waals surface area contributed by atoms with E-state index in [2.05, 4.69) is 20.9 Å². The zero-order valence-corrected chi connectivity index (χ0v) is 34.8. The highest BCUT2D eigenvalue weighted by molar-refractivity contribution is 7.13. The summed E-state index contributed by atoms with van der Waals surface area (Å²) in [6.45, 7) is 9.40. The molecular formula is C43H54N6O9S. The Hall–Kier alpha value is -5.19. The molecule has 16 heteroatoms. The highest BCUT2D eigenvalue weighted by Gasteiger charge is 2.51. The third-order valence-electron chi connectivity index (χ3n) is 10.8. The number of nitrogens with zero attached hydrogens (tertiary/aromatic N) is 3. The predicted octanol–water partition coefficient (Wildman–Crippen LogP) is 3.45. The van der Waals surface area contributed by atoms with Crippen molar-refractivity contribution in [2.24, 2.45) is 5.92 Å². The lowest BCUT2D eigenvalue weighted by Gasteiger charge is -2.33. The van der Waals surface area contributed by atoms with Crippen LogP contribution in [0.3, 0.4) is 0 Å². The van der Waals surface area contributed by atoms with Crippen LogP contribution in [0.5, 0.6) is 0 Å². The normalized spacial score (nSPS) is 21.7. The van der Waals surface area contributed by atoms with Crippen molar-refractivity contribution in [2.45, 2.75) is 102 Å². The molecule has 2 unspecified atom stereocenters. The first-order chi connectivity index (χ1) is 28.3. The molecule has 0 bridgehead atoms. The minimum absolute atomic E-state index is 0.102. The standard InChI is InChI=1S/C43H54N6O9S/c1-27(2)21-32(37(50)43(4)26-58-43)46-39(52)34(23-30-13-9-6-10-14-30)49-28(3)22-33(41(49)54)47-38(51)31(16-15-29-11-7-5-8-12-29)45-40(53)35-24-44-36(59-35)25-57-42(55)48-17-19-56-20-18-48/h5-14,24,27-28,31-34H,15-23,25-26H2,1-4H3,(H,45,53)(H,46,52)(H,47,51)/t28?,31-,32-,33-,34-,43?/m0/s1. The maximum Gasteiger partial charge on any atom is 0.410 e. The number of rotatable bonds is 18. The lowest BCUT2D eigenvalue weighted by molar-refractivity contribution is -0.142. The molecule has 0 spiro atoms. The first kappa shape index (κ1) is 43.4. The molecule has 3 fully saturated rings. The van der Waals surface area contributed by atoms with Crippen molar-refractivity contribution in [3.63, 3.8) is 0 Å². The first-order valence-electron chi connectivity index (χ1n) is 20.3. The summed E-state index contributed by atoms with van der Waals surface area (Å²) in [5.74, 6) is -2.07. The summed E-state index contributed by atoms with van der Waals surface area (Å²) < 4.78 is 16.1. The fraction of sp³-hybridized carbons (Fsp3) is 0.512. The molecule has 3 saturated heterocycles. The average molecular weight is 831 g/mol. The molecule has 59 heavy (non-hydrogen) atoms. The largest absolute Gasteiger partial charge is 0.442 e. The molecule has 6 atom stereocenters. The number of ether oxygens (including phenoxy) is 3. The van der Waals surface area contributed by atoms with Gasteiger partial charge in [0.2, 0.25) is 17.7 Å². The van der Waals surface area contributed by atoms with Gasteiger partial charge in [-0.1, -0.05) is 74.5 Å². The van der Waals surface area contributed by atoms with E-state index in [1.165, 1.54) is 11.1 Å². The van der Waals surface area contributed by atoms with Gasteiger partial charge >= 0.3 is 6.09 Å². The van der Waals surface area contributed by atoms with E-state index in [0.717, 1.165) is 22.5 Å². The molecule has 6 rings (SSSR count). The second kappa shape index (κ2) is 19.7. The lowest BCUT2D eigenvalue weighted by Crippen LogP contribution is -2.57. The molecular weight excluding hydrogens is 777 g/mol. The number of aryl methyl sites for hydroxylation is 1. The summed E-state index contributed by atoms with van der Waals surface area (Å²) in [4.78, 5) is 89.7. The van der Waals surface area contributed by atoms with E-state index in [4.69, 9.17) is 14.2 Å². The van der Waals surface area contributed by atoms with Crippen LogP contribution < -0.4 is 16.0 Å². The number of epoxide rings is 1. The average Bonchev–Trinajstić information content (AvgIpc) is 3.69. The van der Waals surface area contributed by atoms with Crippen LogP contribution in [0.4, 0.5) is 4.79 Å². The van der Waals surface area contributed by atoms with E-state index in [-0.39, 0.29) is 49.1 Å². The van der Waals surface area contributed by atoms with Gasteiger partial charge in [-0.15, -0.1) is 11.3 Å². The summed E-state index contributed by atoms with van der Waals surface area (Å²) in [6.07, 6.45) is 2.41. The molecule has 3 aromatic rings. The highest BCUT2D eigenvalue weighted by atomic mass is 32.1. The molecule has 15 nitrogen and oxygen atoms in total. The van der Waals surface area contributed by atoms with Gasteiger partial charge in [0.25, 0.3) is 5.91 Å². The summed E-state index contributed by atoms with van der Waals surface area (Å²) in [6, 6.07) is 14.7. The smallest absolute Gasteiger partial charge is 0.410 e. The van der Waals surface area contributed by atoms with E-state index in [0.29, 0.717) is 44.2 Å². The summed E-state index contributed by atoms with van der Waals surface area (Å²) >= 11 is 1.05. The summed E-state index contributed by atoms with van der Waals surface area (Å²) in [5, 5.41) is 9.12. The maximum absolute atomic E-state index is 14.3. The Balaban J connectivity index is 1.15. The fourth-order valence-corrected chi connectivity index (χ4v) is 8.18. The number of nitrogens with one attached hydrogen (secondary N) is 3. The topological polar surface area (TPSA) is 189 Å². The monoisotopic (exact) mass is 830 g/mol. The number of hydrogen-bond donors (Lipinski definition) is 3. The Labute approximate surface area is 348 Å². The van der Waals surface area contributed by atoms with Crippen LogP contribution in [-0.2, 0) is 52.8 Å². The van der Waals surface area contributed by atoms with Gasteiger partial charge < -0.3 is 40.0 Å². The number of likely N-dealkylation sites (tertiary alicyclic amines) is 1. The first-order valence-corrected chi connectivity index (χ1v) is 21.1. The van der Waals surface area contributed by atoms with Crippen LogP contribution in [0.2, 0.25) is 0 Å². The van der Waals surface area contributed by atoms with Gasteiger partial charge in [0, 0.05) is 25.6 Å². The number of aromatic nitrogens is 1. The summed E-state index contributed by atoms with van der Waals surface area (Å²) in [5.41, 5.74) is 0.847. The molecule has 2 aromatic carbocycles. The van der Waals surface area contributed by atoms with Gasteiger partial charge in [0.05, 0.1) is 32.1 Å². The molecule has 3 aliphatic rings. The number of morpholine rings is 1. The molecule has 316 valence electrons. The Morgan fingerprint density at radius 3 is 2.25 bits per heavy atom. The third kappa shape index (κ3) is 11.5. The second-order valence-corrected chi connectivity index (χ2v) is 17.1. The predicted molar refractivity (Wildman–Crippen MR) is 218 cm³/mol. The van der Waals surface area contributed by atoms with Crippen molar-refractivity contribution in [1.29, 1.82) is 0 Å². The van der Waals surface area contributed by atoms with E-state index < -0.39 is 65.5 Å². The number of carbonyl (C=O) groups is 6. The number of hydrogen-bond acceptors (Lipinski definition) is 11. The third-order valence-corrected chi connectivity index (χ3v) is 11.8. The Bertz CT molecular complexity index is 1950. The summed E-state index contributed by atoms with van der Waals surface area (Å²) in [7, 11) is 0. The fourth-order valence-electron chi connectivity index (χ4n) is 7.45. The van der Waals surface area contributed by atoms with Crippen LogP contribution in [-0.4, -0.2) is 119 Å². The Morgan fingerprint density at radius 1 is 0.949 bits per heavy atom. The Morgan fingerprint density at radius 2 is 1.61 bits per heavy atom. The van der Waals surface area contributed by atoms with Crippen molar-refractivity contribution >= 4 is 46.8 Å². The second-order valence-electron chi connectivity index (χ2n) is 16.0. The van der Waals surface area contributed by atoms with Gasteiger partial charge in [-0.25, -0.2) is 9.78 Å². The number of benzene rings is 2. The van der Waals surface area contributed by atoms with Crippen molar-refractivity contribution < 1.29 is 43.0 Å². The molecule has 5 amide bonds. The van der Waals surface area contributed by atoms with E-state index in [1.54, 1.807) is 11.8 Å². The van der Waals surface area contributed by atoms with Crippen molar-refractivity contribution in [1.82, 2.24) is 30.7 Å². The van der Waals surface area contributed by atoms with Crippen molar-refractivity contribution in [3.8, 4) is 0 Å². The van der Waals surface area contributed by atoms with Crippen LogP contribution in [0.25, 0.3) is 0 Å².